The molecule has 21 nitrogen and oxygen atoms in total. The monoisotopic (exact) mass is 1430 g/mol. The number of likely N-dealkylation sites (tertiary alicyclic amines) is 1. The average molecular weight is 1430 g/mol. The Labute approximate surface area is 588 Å². The zero-order valence-corrected chi connectivity index (χ0v) is 57.6. The minimum absolute atomic E-state index is 0.0123. The third kappa shape index (κ3) is 18.2. The van der Waals surface area contributed by atoms with Crippen LogP contribution in [0.3, 0.4) is 0 Å². The first-order chi connectivity index (χ1) is 49.5. The predicted molar refractivity (Wildman–Crippen MR) is 364 cm³/mol. The molecule has 1 N–H and O–H groups in total. The van der Waals surface area contributed by atoms with Crippen LogP contribution in [0.2, 0.25) is 0 Å². The molecule has 3 saturated carbocycles. The van der Waals surface area contributed by atoms with Crippen LogP contribution in [0.4, 0.5) is 35.5 Å². The number of imidazole rings is 3. The lowest BCUT2D eigenvalue weighted by Crippen LogP contribution is -2.35. The second-order valence-corrected chi connectivity index (χ2v) is 27.2. The fourth-order valence-corrected chi connectivity index (χ4v) is 12.6. The number of ketones is 3. The molecule has 0 radical (unpaired) electrons. The maximum absolute atomic E-state index is 13.4. The highest BCUT2D eigenvalue weighted by molar-refractivity contribution is 6.04. The highest BCUT2D eigenvalue weighted by Crippen LogP contribution is 2.45. The van der Waals surface area contributed by atoms with Crippen LogP contribution in [0.25, 0.3) is 50.7 Å². The van der Waals surface area contributed by atoms with Gasteiger partial charge < -0.3 is 52.8 Å². The number of rotatable bonds is 27. The van der Waals surface area contributed by atoms with Crippen molar-refractivity contribution in [2.45, 2.75) is 117 Å². The summed E-state index contributed by atoms with van der Waals surface area (Å²) in [7, 11) is 4.18. The normalized spacial score (nSPS) is 16.6. The van der Waals surface area contributed by atoms with Crippen LogP contribution < -0.4 is 43.2 Å². The first kappa shape index (κ1) is 72.7. The summed E-state index contributed by atoms with van der Waals surface area (Å²) in [5.74, 6) is 1.50. The van der Waals surface area contributed by atoms with E-state index in [-0.39, 0.29) is 105 Å². The standard InChI is InChI=1S/C30H35F2N3O6.C25H27F2N3O4.C20H17F3N2O3/c1-30(2,3)41-29(37)34-9-7-19(16-34)17-39-21-8-10-35-22(15-33-26(35)14-21)20-12-24(38-4)27(23(36)11-18-5-6-18)25(13-20)40-28(31)32;1-32-21-9-17(10-22(34-25(26)27)24(21)20(31)8-15-2-3-15)19-13-29-23-11-18(5-7-30(19)23)33-14-16-4-6-28-12-16;1-27-16-7-12(14-10-24-18-9-13(21)4-5-25(14)18)8-17(28-20(22)23)19(16)15(26)6-11-2-3-11/h8,10,12-15,18-19,28H,5-7,9,11,16-17H2,1-4H3;5,7,9-11,13,15-16,25,28H,2-4,6,8,12,14H2,1H3;4-5,7-11,20H,2-3,6H2,1H3. The zero-order chi connectivity index (χ0) is 72.8. The van der Waals surface area contributed by atoms with E-state index < -0.39 is 31.3 Å². The van der Waals surface area contributed by atoms with Gasteiger partial charge in [0, 0.05) is 104 Å². The smallest absolute Gasteiger partial charge is 0.410 e. The van der Waals surface area contributed by atoms with E-state index in [2.05, 4.69) is 25.0 Å². The van der Waals surface area contributed by atoms with E-state index in [1.54, 1.807) is 62.6 Å². The van der Waals surface area contributed by atoms with Crippen LogP contribution in [0.5, 0.6) is 46.0 Å². The molecule has 1 amide bonds. The van der Waals surface area contributed by atoms with Crippen LogP contribution in [-0.2, 0) is 4.74 Å². The van der Waals surface area contributed by atoms with E-state index in [4.69, 9.17) is 37.9 Å². The summed E-state index contributed by atoms with van der Waals surface area (Å²) < 4.78 is 146. The maximum atomic E-state index is 13.4. The number of hydrogen-bond acceptors (Lipinski definition) is 17. The molecule has 3 aromatic carbocycles. The summed E-state index contributed by atoms with van der Waals surface area (Å²) in [6.07, 6.45) is 18.0. The van der Waals surface area contributed by atoms with Gasteiger partial charge in [-0.1, -0.05) is 0 Å². The first-order valence-corrected chi connectivity index (χ1v) is 34.1. The molecule has 2 aliphatic heterocycles. The van der Waals surface area contributed by atoms with Crippen molar-refractivity contribution in [1.29, 1.82) is 0 Å². The molecule has 2 atom stereocenters. The molecule has 28 heteroatoms. The quantitative estimate of drug-likeness (QED) is 0.0374. The van der Waals surface area contributed by atoms with Crippen LogP contribution in [-0.4, -0.2) is 143 Å². The summed E-state index contributed by atoms with van der Waals surface area (Å²) in [4.78, 5) is 65.5. The fourth-order valence-electron chi connectivity index (χ4n) is 12.6. The molecular formula is C75H79F7N8O13. The molecule has 8 heterocycles. The third-order valence-electron chi connectivity index (χ3n) is 18.3. The van der Waals surface area contributed by atoms with Gasteiger partial charge in [-0.15, -0.1) is 0 Å². The zero-order valence-electron chi connectivity index (χ0n) is 57.6. The summed E-state index contributed by atoms with van der Waals surface area (Å²) in [5.41, 5.74) is 4.46. The number of amides is 1. The van der Waals surface area contributed by atoms with Crippen LogP contribution in [0.1, 0.15) is 122 Å². The van der Waals surface area contributed by atoms with Crippen molar-refractivity contribution in [3.05, 3.63) is 132 Å². The molecular weight excluding hydrogens is 1350 g/mol. The number of pyridine rings is 3. The predicted octanol–water partition coefficient (Wildman–Crippen LogP) is 15.5. The Bertz CT molecular complexity index is 4560. The molecule has 103 heavy (non-hydrogen) atoms. The highest BCUT2D eigenvalue weighted by atomic mass is 19.3. The second kappa shape index (κ2) is 31.6. The number of fused-ring (bicyclic) bond motifs is 3. The largest absolute Gasteiger partial charge is 0.496 e. The number of nitrogens with zero attached hydrogens (tertiary/aromatic N) is 7. The Kier molecular flexibility index (Phi) is 22.3. The number of methoxy groups -OCH3 is 3. The lowest BCUT2D eigenvalue weighted by atomic mass is 10.00. The molecule has 14 rings (SSSR count). The number of carbonyl (C=O) groups excluding carboxylic acids is 4. The fraction of sp³-hybridized carbons (Fsp3) is 0.427. The van der Waals surface area contributed by atoms with E-state index in [9.17, 15) is 49.9 Å². The molecule has 3 aliphatic carbocycles. The van der Waals surface area contributed by atoms with Crippen LogP contribution in [0, 0.1) is 35.4 Å². The van der Waals surface area contributed by atoms with Gasteiger partial charge in [0.15, 0.2) is 17.3 Å². The summed E-state index contributed by atoms with van der Waals surface area (Å²) in [5, 5.41) is 3.32. The van der Waals surface area contributed by atoms with Gasteiger partial charge in [0.25, 0.3) is 0 Å². The number of ether oxygens (including phenoxy) is 9. The van der Waals surface area contributed by atoms with Crippen LogP contribution in [0.15, 0.2) is 110 Å². The number of alkyl halides is 6. The van der Waals surface area contributed by atoms with Crippen molar-refractivity contribution < 1.29 is 92.5 Å². The Morgan fingerprint density at radius 1 is 0.495 bits per heavy atom. The van der Waals surface area contributed by atoms with Gasteiger partial charge in [0.1, 0.15) is 91.0 Å². The number of benzene rings is 3. The number of carbonyl (C=O) groups is 4. The summed E-state index contributed by atoms with van der Waals surface area (Å²) >= 11 is 0. The van der Waals surface area contributed by atoms with Gasteiger partial charge in [-0.05, 0) is 151 Å². The van der Waals surface area contributed by atoms with Gasteiger partial charge in [0.2, 0.25) is 0 Å². The second-order valence-electron chi connectivity index (χ2n) is 27.2. The lowest BCUT2D eigenvalue weighted by molar-refractivity contribution is -0.0509. The van der Waals surface area contributed by atoms with E-state index in [0.29, 0.717) is 101 Å². The molecule has 5 aliphatic rings. The number of Topliss-reactive ketones (excluding diaryl/α,β-unsaturated/α-hetero) is 3. The minimum Gasteiger partial charge on any atom is -0.496 e. The number of halogens is 7. The van der Waals surface area contributed by atoms with E-state index in [1.807, 2.05) is 43.5 Å². The van der Waals surface area contributed by atoms with Gasteiger partial charge in [-0.25, -0.2) is 24.1 Å². The molecule has 0 bridgehead atoms. The van der Waals surface area contributed by atoms with Crippen molar-refractivity contribution >= 4 is 40.4 Å². The molecule has 9 aromatic rings. The SMILES string of the molecule is COc1cc(-c2cnc3cc(F)ccn23)cc(OC(F)F)c1C(=O)CC1CC1.COc1cc(-c2cnc3cc(OCC4CCN(C(=O)OC(C)(C)C)C4)ccn23)cc(OC(F)F)c1C(=O)CC1CC1.COc1cc(-c2cnc3cc(OCC4CCNC4)ccn23)cc(OC(F)F)c1C(=O)CC1CC1. The maximum Gasteiger partial charge on any atom is 0.410 e. The van der Waals surface area contributed by atoms with Crippen molar-refractivity contribution in [1.82, 2.24) is 38.4 Å². The Balaban J connectivity index is 0.000000148. The third-order valence-corrected chi connectivity index (χ3v) is 18.3. The average Bonchev–Trinajstić information content (AvgIpc) is 1.74. The van der Waals surface area contributed by atoms with Crippen molar-refractivity contribution in [3.63, 3.8) is 0 Å². The Morgan fingerprint density at radius 3 is 1.23 bits per heavy atom. The van der Waals surface area contributed by atoms with E-state index in [1.165, 1.54) is 64.1 Å². The topological polar surface area (TPSA) is 219 Å². The molecule has 5 fully saturated rings. The molecule has 546 valence electrons. The lowest BCUT2D eigenvalue weighted by Gasteiger charge is -2.24. The van der Waals surface area contributed by atoms with Gasteiger partial charge in [-0.3, -0.25) is 27.6 Å². The van der Waals surface area contributed by atoms with Gasteiger partial charge in [-0.2, -0.15) is 26.3 Å². The van der Waals surface area contributed by atoms with Crippen molar-refractivity contribution in [2.24, 2.45) is 29.6 Å². The van der Waals surface area contributed by atoms with Crippen molar-refractivity contribution in [2.75, 3.05) is 60.7 Å². The van der Waals surface area contributed by atoms with Gasteiger partial charge in [0.05, 0.1) is 70.2 Å². The highest BCUT2D eigenvalue weighted by Gasteiger charge is 2.35. The Hall–Kier alpha value is -10.1. The first-order valence-electron chi connectivity index (χ1n) is 34.1. The molecule has 2 unspecified atom stereocenters. The summed E-state index contributed by atoms with van der Waals surface area (Å²) in [6, 6.07) is 18.9. The number of hydrogen-bond donors (Lipinski definition) is 1. The Morgan fingerprint density at radius 2 is 0.874 bits per heavy atom. The molecule has 0 spiro atoms. The number of nitrogens with one attached hydrogen (secondary N) is 1. The van der Waals surface area contributed by atoms with E-state index >= 15 is 0 Å². The van der Waals surface area contributed by atoms with Crippen molar-refractivity contribution in [3.8, 4) is 79.8 Å². The van der Waals surface area contributed by atoms with Gasteiger partial charge >= 0.3 is 25.9 Å². The van der Waals surface area contributed by atoms with Crippen LogP contribution >= 0.6 is 0 Å². The minimum atomic E-state index is -3.10. The molecule has 2 saturated heterocycles. The summed E-state index contributed by atoms with van der Waals surface area (Å²) in [6.45, 7) is 0.512. The van der Waals surface area contributed by atoms with E-state index in [0.717, 1.165) is 70.2 Å². The molecule has 6 aromatic heterocycles. The number of aromatic nitrogens is 6.